The van der Waals surface area contributed by atoms with Crippen molar-refractivity contribution in [1.82, 2.24) is 10.2 Å². The van der Waals surface area contributed by atoms with Crippen LogP contribution >= 0.6 is 46.6 Å². The van der Waals surface area contributed by atoms with Crippen LogP contribution in [0, 0.1) is 0 Å². The number of hydrogen-bond acceptors (Lipinski definition) is 3. The van der Waals surface area contributed by atoms with E-state index >= 15 is 0 Å². The molecule has 0 unspecified atom stereocenters. The Morgan fingerprint density at radius 3 is 2.14 bits per heavy atom. The molecule has 0 spiro atoms. The molecule has 0 fully saturated rings. The van der Waals surface area contributed by atoms with E-state index in [1.165, 1.54) is 16.7 Å². The zero-order valence-corrected chi connectivity index (χ0v) is 19.5. The first kappa shape index (κ1) is 23.9. The van der Waals surface area contributed by atoms with E-state index in [1.807, 2.05) is 26.0 Å². The maximum atomic E-state index is 13.1. The number of rotatable bonds is 8. The fraction of sp³-hybridized carbons (Fsp3) is 0.333. The van der Waals surface area contributed by atoms with E-state index in [9.17, 15) is 9.59 Å². The minimum Gasteiger partial charge on any atom is -0.352 e. The van der Waals surface area contributed by atoms with Gasteiger partial charge in [0, 0.05) is 38.1 Å². The molecule has 0 bridgehead atoms. The van der Waals surface area contributed by atoms with E-state index < -0.39 is 6.04 Å². The van der Waals surface area contributed by atoms with Gasteiger partial charge in [0.15, 0.2) is 0 Å². The van der Waals surface area contributed by atoms with Crippen molar-refractivity contribution in [1.29, 1.82) is 0 Å². The Bertz CT molecular complexity index is 839. The van der Waals surface area contributed by atoms with Crippen LogP contribution in [0.1, 0.15) is 26.3 Å². The van der Waals surface area contributed by atoms with Gasteiger partial charge in [-0.05, 0) is 57.2 Å². The summed E-state index contributed by atoms with van der Waals surface area (Å²) in [5, 5.41) is 4.40. The molecule has 0 aliphatic heterocycles. The molecule has 0 aliphatic carbocycles. The Morgan fingerprint density at radius 1 is 1.00 bits per heavy atom. The smallest absolute Gasteiger partial charge is 0.242 e. The van der Waals surface area contributed by atoms with E-state index in [-0.39, 0.29) is 30.2 Å². The molecule has 4 nitrogen and oxygen atoms in total. The third-order valence-corrected chi connectivity index (χ3v) is 6.12. The molecule has 1 atom stereocenters. The van der Waals surface area contributed by atoms with Gasteiger partial charge in [-0.3, -0.25) is 9.59 Å². The van der Waals surface area contributed by atoms with Crippen molar-refractivity contribution in [2.45, 2.75) is 44.3 Å². The summed E-state index contributed by atoms with van der Waals surface area (Å²) in [6.07, 6.45) is 0. The Morgan fingerprint density at radius 2 is 1.59 bits per heavy atom. The van der Waals surface area contributed by atoms with Crippen molar-refractivity contribution in [2.24, 2.45) is 0 Å². The first-order valence-electron chi connectivity index (χ1n) is 9.10. The van der Waals surface area contributed by atoms with Crippen LogP contribution < -0.4 is 5.32 Å². The van der Waals surface area contributed by atoms with Crippen molar-refractivity contribution in [3.8, 4) is 0 Å². The van der Waals surface area contributed by atoms with Gasteiger partial charge in [0.05, 0.1) is 5.75 Å². The van der Waals surface area contributed by atoms with Gasteiger partial charge in [0.25, 0.3) is 0 Å². The van der Waals surface area contributed by atoms with E-state index in [4.69, 9.17) is 34.8 Å². The summed E-state index contributed by atoms with van der Waals surface area (Å²) in [4.78, 5) is 28.1. The number of benzene rings is 2. The van der Waals surface area contributed by atoms with Crippen molar-refractivity contribution < 1.29 is 9.59 Å². The summed E-state index contributed by atoms with van der Waals surface area (Å²) < 4.78 is 0. The molecule has 0 saturated heterocycles. The van der Waals surface area contributed by atoms with Crippen LogP contribution in [0.2, 0.25) is 15.1 Å². The van der Waals surface area contributed by atoms with E-state index in [2.05, 4.69) is 5.32 Å². The average molecular weight is 474 g/mol. The van der Waals surface area contributed by atoms with Gasteiger partial charge in [0.1, 0.15) is 6.04 Å². The summed E-state index contributed by atoms with van der Waals surface area (Å²) in [5.74, 6) is -0.247. The lowest BCUT2D eigenvalue weighted by molar-refractivity contribution is -0.138. The third-order valence-electron chi connectivity index (χ3n) is 4.16. The summed E-state index contributed by atoms with van der Waals surface area (Å²) in [6, 6.07) is 11.7. The lowest BCUT2D eigenvalue weighted by atomic mass is 10.1. The van der Waals surface area contributed by atoms with Crippen LogP contribution in [0.3, 0.4) is 0 Å². The second-order valence-electron chi connectivity index (χ2n) is 6.80. The molecule has 0 aliphatic rings. The maximum absolute atomic E-state index is 13.1. The molecule has 2 rings (SSSR count). The van der Waals surface area contributed by atoms with Crippen LogP contribution in [0.25, 0.3) is 0 Å². The van der Waals surface area contributed by atoms with Gasteiger partial charge in [-0.25, -0.2) is 0 Å². The quantitative estimate of drug-likeness (QED) is 0.502. The summed E-state index contributed by atoms with van der Waals surface area (Å²) in [5.41, 5.74) is 0.616. The molecule has 1 N–H and O–H groups in total. The number of amides is 2. The third kappa shape index (κ3) is 7.10. The molecule has 0 aromatic heterocycles. The predicted molar refractivity (Wildman–Crippen MR) is 122 cm³/mol. The van der Waals surface area contributed by atoms with E-state index in [0.29, 0.717) is 20.6 Å². The number of carbonyl (C=O) groups excluding carboxylic acids is 2. The van der Waals surface area contributed by atoms with Crippen LogP contribution in [0.4, 0.5) is 0 Å². The van der Waals surface area contributed by atoms with E-state index in [1.54, 1.807) is 37.3 Å². The SMILES string of the molecule is CC(C)NC(=O)[C@@H](C)N(Cc1c(Cl)cccc1Cl)C(=O)CSc1ccc(Cl)cc1. The first-order valence-corrected chi connectivity index (χ1v) is 11.2. The highest BCUT2D eigenvalue weighted by Gasteiger charge is 2.27. The van der Waals surface area contributed by atoms with Gasteiger partial charge >= 0.3 is 0 Å². The Kier molecular flexibility index (Phi) is 9.15. The number of hydrogen-bond donors (Lipinski definition) is 1. The minimum absolute atomic E-state index is 0.0331. The maximum Gasteiger partial charge on any atom is 0.242 e. The zero-order chi connectivity index (χ0) is 21.6. The summed E-state index contributed by atoms with van der Waals surface area (Å²) >= 11 is 19.9. The molecule has 2 amide bonds. The van der Waals surface area contributed by atoms with Crippen molar-refractivity contribution in [3.63, 3.8) is 0 Å². The predicted octanol–water partition coefficient (Wildman–Crippen LogP) is 5.68. The van der Waals surface area contributed by atoms with Crippen LogP contribution in [-0.4, -0.2) is 34.6 Å². The minimum atomic E-state index is -0.678. The average Bonchev–Trinajstić information content (AvgIpc) is 2.66. The number of nitrogens with zero attached hydrogens (tertiary/aromatic N) is 1. The largest absolute Gasteiger partial charge is 0.352 e. The topological polar surface area (TPSA) is 49.4 Å². The monoisotopic (exact) mass is 472 g/mol. The van der Waals surface area contributed by atoms with Gasteiger partial charge < -0.3 is 10.2 Å². The van der Waals surface area contributed by atoms with Crippen molar-refractivity contribution >= 4 is 58.4 Å². The lowest BCUT2D eigenvalue weighted by Gasteiger charge is -2.30. The van der Waals surface area contributed by atoms with E-state index in [0.717, 1.165) is 4.90 Å². The van der Waals surface area contributed by atoms with Crippen molar-refractivity contribution in [3.05, 3.63) is 63.1 Å². The Labute approximate surface area is 190 Å². The Hall–Kier alpha value is -1.40. The normalized spacial score (nSPS) is 12.0. The zero-order valence-electron chi connectivity index (χ0n) is 16.4. The summed E-state index contributed by atoms with van der Waals surface area (Å²) in [6.45, 7) is 5.59. The second-order valence-corrected chi connectivity index (χ2v) is 9.10. The molecule has 156 valence electrons. The van der Waals surface area contributed by atoms with Gasteiger partial charge in [-0.2, -0.15) is 0 Å². The molecular weight excluding hydrogens is 451 g/mol. The van der Waals surface area contributed by atoms with Crippen molar-refractivity contribution in [2.75, 3.05) is 5.75 Å². The molecule has 0 radical (unpaired) electrons. The highest BCUT2D eigenvalue weighted by molar-refractivity contribution is 8.00. The summed E-state index contributed by atoms with van der Waals surface area (Å²) in [7, 11) is 0. The Balaban J connectivity index is 2.21. The lowest BCUT2D eigenvalue weighted by Crippen LogP contribution is -2.49. The highest BCUT2D eigenvalue weighted by atomic mass is 35.5. The molecule has 2 aromatic rings. The molecule has 0 heterocycles. The fourth-order valence-electron chi connectivity index (χ4n) is 2.60. The number of nitrogens with one attached hydrogen (secondary N) is 1. The number of halogens is 3. The fourth-order valence-corrected chi connectivity index (χ4v) is 4.03. The molecule has 29 heavy (non-hydrogen) atoms. The molecular formula is C21H23Cl3N2O2S. The standard InChI is InChI=1S/C21H23Cl3N2O2S/c1-13(2)25-21(28)14(3)26(11-17-18(23)5-4-6-19(17)24)20(27)12-29-16-9-7-15(22)8-10-16/h4-10,13-14H,11-12H2,1-3H3,(H,25,28)/t14-/m1/s1. The second kappa shape index (κ2) is 11.1. The van der Waals surface area contributed by atoms with Crippen LogP contribution in [0.15, 0.2) is 47.4 Å². The molecule has 0 saturated carbocycles. The van der Waals surface area contributed by atoms with Gasteiger partial charge in [0.2, 0.25) is 11.8 Å². The molecule has 8 heteroatoms. The van der Waals surface area contributed by atoms with Gasteiger partial charge in [-0.15, -0.1) is 11.8 Å². The first-order chi connectivity index (χ1) is 13.7. The molecule has 2 aromatic carbocycles. The highest BCUT2D eigenvalue weighted by Crippen LogP contribution is 2.27. The number of thioether (sulfide) groups is 1. The number of carbonyl (C=O) groups is 2. The van der Waals surface area contributed by atoms with Gasteiger partial charge in [-0.1, -0.05) is 40.9 Å². The van der Waals surface area contributed by atoms with Crippen LogP contribution in [-0.2, 0) is 16.1 Å². The van der Waals surface area contributed by atoms with Crippen LogP contribution in [0.5, 0.6) is 0 Å².